The Kier molecular flexibility index (Phi) is 10.8. The Balaban J connectivity index is 1.60. The Bertz CT molecular complexity index is 1800. The lowest BCUT2D eigenvalue weighted by Crippen LogP contribution is -2.54. The number of sulfonamides is 1. The molecule has 5 rings (SSSR count). The van der Waals surface area contributed by atoms with Gasteiger partial charge in [0, 0.05) is 19.0 Å². The Labute approximate surface area is 279 Å². The zero-order valence-electron chi connectivity index (χ0n) is 27.8. The Hall–Kier alpha value is -4.43. The molecule has 4 aromatic carbocycles. The number of anilines is 1. The molecular formula is C39H45N3O4S. The first kappa shape index (κ1) is 33.9. The van der Waals surface area contributed by atoms with E-state index in [0.717, 1.165) is 59.1 Å². The van der Waals surface area contributed by atoms with E-state index in [0.29, 0.717) is 12.1 Å². The fourth-order valence-corrected chi connectivity index (χ4v) is 7.72. The lowest BCUT2D eigenvalue weighted by atomic mass is 10.0. The highest BCUT2D eigenvalue weighted by Gasteiger charge is 2.36. The molecule has 246 valence electrons. The maximum absolute atomic E-state index is 14.8. The first-order valence-electron chi connectivity index (χ1n) is 16.4. The number of nitrogens with zero attached hydrogens (tertiary/aromatic N) is 2. The summed E-state index contributed by atoms with van der Waals surface area (Å²) in [5, 5.41) is 3.23. The molecule has 0 heterocycles. The largest absolute Gasteiger partial charge is 0.352 e. The van der Waals surface area contributed by atoms with Crippen LogP contribution in [0.5, 0.6) is 0 Å². The second-order valence-corrected chi connectivity index (χ2v) is 14.5. The molecule has 0 saturated heterocycles. The van der Waals surface area contributed by atoms with Gasteiger partial charge in [0.25, 0.3) is 10.0 Å². The molecule has 1 N–H and O–H groups in total. The molecule has 1 atom stereocenters. The SMILES string of the molecule is Cc1ccc(S(=O)(=O)N(CC(=O)N(Cc2ccccc2C)[C@@H](Cc2ccccc2)C(=O)NC2CCCC2)c2cccc(C)c2C)cc1. The minimum absolute atomic E-state index is 0.0598. The molecule has 4 aromatic rings. The molecule has 0 aromatic heterocycles. The van der Waals surface area contributed by atoms with E-state index in [1.807, 2.05) is 88.4 Å². The summed E-state index contributed by atoms with van der Waals surface area (Å²) in [5.74, 6) is -0.672. The van der Waals surface area contributed by atoms with E-state index in [-0.39, 0.29) is 23.4 Å². The van der Waals surface area contributed by atoms with Crippen LogP contribution < -0.4 is 9.62 Å². The molecule has 1 fully saturated rings. The molecule has 2 amide bonds. The van der Waals surface area contributed by atoms with Crippen molar-refractivity contribution in [3.8, 4) is 0 Å². The van der Waals surface area contributed by atoms with Crippen molar-refractivity contribution in [2.75, 3.05) is 10.8 Å². The van der Waals surface area contributed by atoms with Crippen LogP contribution in [-0.4, -0.2) is 43.8 Å². The zero-order valence-corrected chi connectivity index (χ0v) is 28.6. The number of carbonyl (C=O) groups excluding carboxylic acids is 2. The first-order chi connectivity index (χ1) is 22.5. The van der Waals surface area contributed by atoms with Crippen molar-refractivity contribution in [2.24, 2.45) is 0 Å². The van der Waals surface area contributed by atoms with Crippen molar-refractivity contribution in [3.63, 3.8) is 0 Å². The van der Waals surface area contributed by atoms with Gasteiger partial charge in [-0.15, -0.1) is 0 Å². The van der Waals surface area contributed by atoms with E-state index < -0.39 is 28.5 Å². The normalized spacial score (nSPS) is 14.0. The number of hydrogen-bond acceptors (Lipinski definition) is 4. The first-order valence-corrected chi connectivity index (χ1v) is 17.8. The number of rotatable bonds is 12. The topological polar surface area (TPSA) is 86.8 Å². The Morgan fingerprint density at radius 3 is 2.11 bits per heavy atom. The van der Waals surface area contributed by atoms with Gasteiger partial charge >= 0.3 is 0 Å². The predicted octanol–water partition coefficient (Wildman–Crippen LogP) is 6.81. The average Bonchev–Trinajstić information content (AvgIpc) is 3.57. The van der Waals surface area contributed by atoms with Gasteiger partial charge in [-0.2, -0.15) is 0 Å². The van der Waals surface area contributed by atoms with E-state index in [1.165, 1.54) is 4.31 Å². The Morgan fingerprint density at radius 1 is 0.787 bits per heavy atom. The summed E-state index contributed by atoms with van der Waals surface area (Å²) in [4.78, 5) is 30.7. The van der Waals surface area contributed by atoms with Crippen LogP contribution in [0.25, 0.3) is 0 Å². The quantitative estimate of drug-likeness (QED) is 0.182. The van der Waals surface area contributed by atoms with E-state index in [2.05, 4.69) is 5.32 Å². The molecule has 1 saturated carbocycles. The molecule has 0 spiro atoms. The number of benzene rings is 4. The van der Waals surface area contributed by atoms with Crippen molar-refractivity contribution < 1.29 is 18.0 Å². The van der Waals surface area contributed by atoms with Crippen LogP contribution in [0.2, 0.25) is 0 Å². The summed E-state index contributed by atoms with van der Waals surface area (Å²) in [6.45, 7) is 7.36. The average molecular weight is 652 g/mol. The summed E-state index contributed by atoms with van der Waals surface area (Å²) < 4.78 is 30.0. The van der Waals surface area contributed by atoms with E-state index in [1.54, 1.807) is 41.3 Å². The van der Waals surface area contributed by atoms with Crippen molar-refractivity contribution in [1.82, 2.24) is 10.2 Å². The van der Waals surface area contributed by atoms with E-state index in [9.17, 15) is 18.0 Å². The van der Waals surface area contributed by atoms with E-state index in [4.69, 9.17) is 0 Å². The van der Waals surface area contributed by atoms with Crippen LogP contribution in [-0.2, 0) is 32.6 Å². The number of carbonyl (C=O) groups is 2. The standard InChI is InChI=1S/C39H45N3O4S/c1-28-21-23-35(24-22-28)47(45,46)42(36-20-12-14-29(2)31(36)4)27-38(43)41(26-33-17-9-8-13-30(33)3)37(25-32-15-6-5-7-16-32)39(44)40-34-18-10-11-19-34/h5-9,12-17,20-24,34,37H,10-11,18-19,25-27H2,1-4H3,(H,40,44)/t37-/m0/s1. The number of hydrogen-bond donors (Lipinski definition) is 1. The molecule has 1 aliphatic rings. The number of nitrogens with one attached hydrogen (secondary N) is 1. The maximum atomic E-state index is 14.8. The van der Waals surface area contributed by atoms with Crippen LogP contribution in [0.3, 0.4) is 0 Å². The van der Waals surface area contributed by atoms with Crippen molar-refractivity contribution in [2.45, 2.75) is 83.3 Å². The second kappa shape index (κ2) is 15.0. The van der Waals surface area contributed by atoms with Gasteiger partial charge in [0.1, 0.15) is 12.6 Å². The van der Waals surface area contributed by atoms with Crippen LogP contribution in [0.4, 0.5) is 5.69 Å². The highest BCUT2D eigenvalue weighted by molar-refractivity contribution is 7.92. The van der Waals surface area contributed by atoms with Crippen LogP contribution in [0, 0.1) is 27.7 Å². The predicted molar refractivity (Wildman–Crippen MR) is 188 cm³/mol. The minimum Gasteiger partial charge on any atom is -0.352 e. The van der Waals surface area contributed by atoms with Crippen molar-refractivity contribution in [3.05, 3.63) is 130 Å². The monoisotopic (exact) mass is 651 g/mol. The summed E-state index contributed by atoms with van der Waals surface area (Å²) in [6, 6.07) is 28.8. The van der Waals surface area contributed by atoms with Gasteiger partial charge < -0.3 is 10.2 Å². The van der Waals surface area contributed by atoms with Gasteiger partial charge in [0.05, 0.1) is 10.6 Å². The highest BCUT2D eigenvalue weighted by atomic mass is 32.2. The highest BCUT2D eigenvalue weighted by Crippen LogP contribution is 2.30. The summed E-state index contributed by atoms with van der Waals surface area (Å²) in [7, 11) is -4.16. The van der Waals surface area contributed by atoms with Gasteiger partial charge in [-0.3, -0.25) is 13.9 Å². The lowest BCUT2D eigenvalue weighted by Gasteiger charge is -2.35. The number of aryl methyl sites for hydroxylation is 3. The van der Waals surface area contributed by atoms with Gasteiger partial charge in [-0.1, -0.05) is 97.3 Å². The van der Waals surface area contributed by atoms with Crippen LogP contribution in [0.1, 0.15) is 59.1 Å². The van der Waals surface area contributed by atoms with Gasteiger partial charge in [-0.25, -0.2) is 8.42 Å². The molecule has 0 bridgehead atoms. The molecular weight excluding hydrogens is 607 g/mol. The summed E-state index contributed by atoms with van der Waals surface area (Å²) >= 11 is 0. The van der Waals surface area contributed by atoms with Gasteiger partial charge in [-0.05, 0) is 86.6 Å². The molecule has 0 aliphatic heterocycles. The summed E-state index contributed by atoms with van der Waals surface area (Å²) in [5.41, 5.74) is 5.84. The third-order valence-corrected chi connectivity index (χ3v) is 11.1. The van der Waals surface area contributed by atoms with E-state index >= 15 is 0 Å². The maximum Gasteiger partial charge on any atom is 0.264 e. The third-order valence-electron chi connectivity index (χ3n) is 9.31. The minimum atomic E-state index is -4.16. The van der Waals surface area contributed by atoms with Crippen molar-refractivity contribution >= 4 is 27.5 Å². The Morgan fingerprint density at radius 2 is 1.43 bits per heavy atom. The van der Waals surface area contributed by atoms with Crippen LogP contribution >= 0.6 is 0 Å². The second-order valence-electron chi connectivity index (χ2n) is 12.7. The molecule has 47 heavy (non-hydrogen) atoms. The van der Waals surface area contributed by atoms with Crippen molar-refractivity contribution in [1.29, 1.82) is 0 Å². The van der Waals surface area contributed by atoms with Crippen LogP contribution in [0.15, 0.2) is 102 Å². The molecule has 0 radical (unpaired) electrons. The fourth-order valence-electron chi connectivity index (χ4n) is 6.25. The summed E-state index contributed by atoms with van der Waals surface area (Å²) in [6.07, 6.45) is 4.23. The molecule has 1 aliphatic carbocycles. The number of amides is 2. The molecule has 0 unspecified atom stereocenters. The van der Waals surface area contributed by atoms with Gasteiger partial charge in [0.15, 0.2) is 0 Å². The lowest BCUT2D eigenvalue weighted by molar-refractivity contribution is -0.140. The molecule has 8 heteroatoms. The van der Waals surface area contributed by atoms with Gasteiger partial charge in [0.2, 0.25) is 11.8 Å². The smallest absolute Gasteiger partial charge is 0.264 e. The third kappa shape index (κ3) is 8.11. The molecule has 7 nitrogen and oxygen atoms in total. The fraction of sp³-hybridized carbons (Fsp3) is 0.333. The zero-order chi connectivity index (χ0) is 33.6.